The van der Waals surface area contributed by atoms with Crippen LogP contribution in [0.1, 0.15) is 81.5 Å². The number of nitrogens with one attached hydrogen (secondary N) is 1. The molecular weight excluding hydrogens is 242 g/mol. The molecule has 0 amide bonds. The maximum Gasteiger partial charge on any atom is 0.0320 e. The molecule has 1 aromatic rings. The lowest BCUT2D eigenvalue weighted by molar-refractivity contribution is 0.470. The first-order valence-corrected chi connectivity index (χ1v) is 8.70. The van der Waals surface area contributed by atoms with Crippen molar-refractivity contribution in [2.45, 2.75) is 77.7 Å². The van der Waals surface area contributed by atoms with Crippen LogP contribution in [-0.4, -0.2) is 6.54 Å². The maximum atomic E-state index is 3.75. The van der Waals surface area contributed by atoms with Crippen LogP contribution in [0.3, 0.4) is 0 Å². The Labute approximate surface area is 125 Å². The van der Waals surface area contributed by atoms with Gasteiger partial charge in [0.1, 0.15) is 0 Å². The van der Waals surface area contributed by atoms with Gasteiger partial charge in [0.05, 0.1) is 0 Å². The predicted molar refractivity (Wildman–Crippen MR) is 88.3 cm³/mol. The Morgan fingerprint density at radius 2 is 1.85 bits per heavy atom. The highest BCUT2D eigenvalue weighted by Crippen LogP contribution is 2.27. The van der Waals surface area contributed by atoms with E-state index in [4.69, 9.17) is 0 Å². The summed E-state index contributed by atoms with van der Waals surface area (Å²) in [5.74, 6) is 0. The van der Waals surface area contributed by atoms with E-state index in [2.05, 4.69) is 37.4 Å². The zero-order chi connectivity index (χ0) is 14.2. The fourth-order valence-electron chi connectivity index (χ4n) is 3.29. The second-order valence-electron chi connectivity index (χ2n) is 6.24. The zero-order valence-electron chi connectivity index (χ0n) is 13.4. The second-order valence-corrected chi connectivity index (χ2v) is 6.24. The molecule has 0 fully saturated rings. The van der Waals surface area contributed by atoms with Crippen molar-refractivity contribution in [2.75, 3.05) is 6.54 Å². The molecule has 0 radical (unpaired) electrons. The molecule has 1 nitrogen and oxygen atoms in total. The highest BCUT2D eigenvalue weighted by atomic mass is 14.9. The number of benzene rings is 1. The molecule has 0 saturated carbocycles. The Hall–Kier alpha value is -0.820. The summed E-state index contributed by atoms with van der Waals surface area (Å²) in [6.07, 6.45) is 11.9. The number of unbranched alkanes of at least 4 members (excludes halogenated alkanes) is 3. The van der Waals surface area contributed by atoms with Crippen LogP contribution in [0.2, 0.25) is 0 Å². The molecule has 112 valence electrons. The lowest BCUT2D eigenvalue weighted by Crippen LogP contribution is -2.22. The van der Waals surface area contributed by atoms with Gasteiger partial charge in [-0.2, -0.15) is 0 Å². The molecule has 20 heavy (non-hydrogen) atoms. The molecule has 0 bridgehead atoms. The molecule has 0 spiro atoms. The van der Waals surface area contributed by atoms with E-state index in [1.807, 2.05) is 0 Å². The molecule has 1 N–H and O–H groups in total. The number of rotatable bonds is 9. The van der Waals surface area contributed by atoms with Crippen molar-refractivity contribution >= 4 is 0 Å². The van der Waals surface area contributed by atoms with Crippen LogP contribution in [0.15, 0.2) is 18.2 Å². The first kappa shape index (κ1) is 15.6. The molecule has 1 unspecified atom stereocenters. The molecule has 0 aliphatic heterocycles. The van der Waals surface area contributed by atoms with E-state index in [9.17, 15) is 0 Å². The van der Waals surface area contributed by atoms with Crippen molar-refractivity contribution in [3.63, 3.8) is 0 Å². The standard InChI is InChI=1S/C19H31N/c1-3-5-6-7-11-19(20-14-4-2)18-13-12-16-9-8-10-17(16)15-18/h12-13,15,19-20H,3-11,14H2,1-2H3. The van der Waals surface area contributed by atoms with E-state index >= 15 is 0 Å². The van der Waals surface area contributed by atoms with E-state index in [1.165, 1.54) is 63.4 Å². The highest BCUT2D eigenvalue weighted by molar-refractivity contribution is 5.36. The second kappa shape index (κ2) is 8.46. The minimum Gasteiger partial charge on any atom is -0.310 e. The zero-order valence-corrected chi connectivity index (χ0v) is 13.4. The molecular formula is C19H31N. The normalized spacial score (nSPS) is 15.3. The fourth-order valence-corrected chi connectivity index (χ4v) is 3.29. The molecule has 2 rings (SSSR count). The van der Waals surface area contributed by atoms with Gasteiger partial charge in [-0.15, -0.1) is 0 Å². The molecule has 1 aliphatic carbocycles. The summed E-state index contributed by atoms with van der Waals surface area (Å²) in [4.78, 5) is 0. The summed E-state index contributed by atoms with van der Waals surface area (Å²) in [5, 5.41) is 3.75. The summed E-state index contributed by atoms with van der Waals surface area (Å²) in [5.41, 5.74) is 4.73. The minimum atomic E-state index is 0.567. The van der Waals surface area contributed by atoms with Gasteiger partial charge < -0.3 is 5.32 Å². The van der Waals surface area contributed by atoms with Crippen molar-refractivity contribution in [3.8, 4) is 0 Å². The van der Waals surface area contributed by atoms with Crippen LogP contribution >= 0.6 is 0 Å². The third-order valence-electron chi connectivity index (χ3n) is 4.51. The van der Waals surface area contributed by atoms with Crippen LogP contribution in [0, 0.1) is 0 Å². The highest BCUT2D eigenvalue weighted by Gasteiger charge is 2.15. The molecule has 1 aromatic carbocycles. The van der Waals surface area contributed by atoms with E-state index in [1.54, 1.807) is 11.1 Å². The summed E-state index contributed by atoms with van der Waals surface area (Å²) in [6, 6.07) is 7.80. The van der Waals surface area contributed by atoms with Crippen molar-refractivity contribution in [1.82, 2.24) is 5.32 Å². The largest absolute Gasteiger partial charge is 0.310 e. The third-order valence-corrected chi connectivity index (χ3v) is 4.51. The summed E-state index contributed by atoms with van der Waals surface area (Å²) in [6.45, 7) is 5.67. The first-order chi connectivity index (χ1) is 9.85. The molecule has 1 heteroatoms. The van der Waals surface area contributed by atoms with Crippen LogP contribution < -0.4 is 5.32 Å². The van der Waals surface area contributed by atoms with Gasteiger partial charge in [0.2, 0.25) is 0 Å². The maximum absolute atomic E-state index is 3.75. The molecule has 0 saturated heterocycles. The predicted octanol–water partition coefficient (Wildman–Crippen LogP) is 5.19. The summed E-state index contributed by atoms with van der Waals surface area (Å²) < 4.78 is 0. The Balaban J connectivity index is 1.97. The van der Waals surface area contributed by atoms with E-state index < -0.39 is 0 Å². The van der Waals surface area contributed by atoms with Gasteiger partial charge in [0, 0.05) is 6.04 Å². The van der Waals surface area contributed by atoms with E-state index in [0.29, 0.717) is 6.04 Å². The number of hydrogen-bond acceptors (Lipinski definition) is 1. The van der Waals surface area contributed by atoms with Crippen molar-refractivity contribution in [1.29, 1.82) is 0 Å². The molecule has 1 atom stereocenters. The number of hydrogen-bond donors (Lipinski definition) is 1. The minimum absolute atomic E-state index is 0.567. The van der Waals surface area contributed by atoms with E-state index in [0.717, 1.165) is 6.54 Å². The topological polar surface area (TPSA) is 12.0 Å². The average Bonchev–Trinajstić information content (AvgIpc) is 2.94. The average molecular weight is 273 g/mol. The fraction of sp³-hybridized carbons (Fsp3) is 0.684. The SMILES string of the molecule is CCCCCCC(NCCC)c1ccc2c(c1)CCC2. The van der Waals surface area contributed by atoms with Crippen molar-refractivity contribution < 1.29 is 0 Å². The Morgan fingerprint density at radius 1 is 1.00 bits per heavy atom. The van der Waals surface area contributed by atoms with Crippen LogP contribution in [0.25, 0.3) is 0 Å². The Kier molecular flexibility index (Phi) is 6.59. The van der Waals surface area contributed by atoms with Gasteiger partial charge in [0.25, 0.3) is 0 Å². The van der Waals surface area contributed by atoms with Crippen molar-refractivity contribution in [3.05, 3.63) is 34.9 Å². The summed E-state index contributed by atoms with van der Waals surface area (Å²) >= 11 is 0. The van der Waals surface area contributed by atoms with Gasteiger partial charge in [-0.05, 0) is 55.3 Å². The number of aryl methyl sites for hydroxylation is 2. The smallest absolute Gasteiger partial charge is 0.0320 e. The van der Waals surface area contributed by atoms with Crippen LogP contribution in [0.4, 0.5) is 0 Å². The van der Waals surface area contributed by atoms with Gasteiger partial charge in [-0.1, -0.05) is 57.7 Å². The third kappa shape index (κ3) is 4.34. The lowest BCUT2D eigenvalue weighted by atomic mass is 9.96. The van der Waals surface area contributed by atoms with Gasteiger partial charge in [0.15, 0.2) is 0 Å². The van der Waals surface area contributed by atoms with Crippen LogP contribution in [-0.2, 0) is 12.8 Å². The monoisotopic (exact) mass is 273 g/mol. The van der Waals surface area contributed by atoms with Crippen molar-refractivity contribution in [2.24, 2.45) is 0 Å². The van der Waals surface area contributed by atoms with Gasteiger partial charge >= 0.3 is 0 Å². The summed E-state index contributed by atoms with van der Waals surface area (Å²) in [7, 11) is 0. The number of fused-ring (bicyclic) bond motifs is 1. The molecule has 0 aromatic heterocycles. The Morgan fingerprint density at radius 3 is 2.65 bits per heavy atom. The molecule has 0 heterocycles. The Bertz CT molecular complexity index is 397. The first-order valence-electron chi connectivity index (χ1n) is 8.70. The lowest BCUT2D eigenvalue weighted by Gasteiger charge is -2.20. The van der Waals surface area contributed by atoms with Gasteiger partial charge in [-0.3, -0.25) is 0 Å². The van der Waals surface area contributed by atoms with Gasteiger partial charge in [-0.25, -0.2) is 0 Å². The quantitative estimate of drug-likeness (QED) is 0.611. The van der Waals surface area contributed by atoms with E-state index in [-0.39, 0.29) is 0 Å². The molecule has 1 aliphatic rings. The van der Waals surface area contributed by atoms with Crippen LogP contribution in [0.5, 0.6) is 0 Å².